The Morgan fingerprint density at radius 1 is 1.29 bits per heavy atom. The first kappa shape index (κ1) is 15.6. The maximum Gasteiger partial charge on any atom is 0.106 e. The van der Waals surface area contributed by atoms with Gasteiger partial charge in [-0.15, -0.1) is 12.4 Å². The summed E-state index contributed by atoms with van der Waals surface area (Å²) in [7, 11) is 0. The Kier molecular flexibility index (Phi) is 11.3. The van der Waals surface area contributed by atoms with Crippen LogP contribution in [-0.2, 0) is 11.2 Å². The minimum absolute atomic E-state index is 0. The van der Waals surface area contributed by atoms with Crippen molar-refractivity contribution in [3.63, 3.8) is 0 Å². The molecular weight excluding hydrogens is 202 g/mol. The maximum atomic E-state index is 8.67. The van der Waals surface area contributed by atoms with Gasteiger partial charge in [-0.3, -0.25) is 0 Å². The summed E-state index contributed by atoms with van der Waals surface area (Å²) in [6, 6.07) is 9.80. The molecule has 0 bridgehead atoms. The maximum absolute atomic E-state index is 8.67. The van der Waals surface area contributed by atoms with E-state index in [2.05, 4.69) is 0 Å². The quantitative estimate of drug-likeness (QED) is 0.787. The van der Waals surface area contributed by atoms with Crippen molar-refractivity contribution in [1.29, 1.82) is 0 Å². The van der Waals surface area contributed by atoms with Crippen molar-refractivity contribution in [3.8, 4) is 0 Å². The summed E-state index contributed by atoms with van der Waals surface area (Å²) in [6.07, 6.45) is 0.747. The summed E-state index contributed by atoms with van der Waals surface area (Å²) < 4.78 is 0. The molecule has 0 aromatic heterocycles. The van der Waals surface area contributed by atoms with Gasteiger partial charge in [0.05, 0.1) is 6.61 Å². The van der Waals surface area contributed by atoms with Gasteiger partial charge in [-0.05, 0) is 12.0 Å². The van der Waals surface area contributed by atoms with Crippen LogP contribution in [0.15, 0.2) is 30.3 Å². The standard InChI is InChI=1S/C9H13NO.CH2O.ClH/c10-9(7-11)6-8-4-2-1-3-5-8;1-2;/h1-5,9,11H,6-7,10H2;1H2;1H/t9-;;/m1../s1. The third-order valence-electron chi connectivity index (χ3n) is 1.58. The largest absolute Gasteiger partial charge is 0.395 e. The molecule has 0 aliphatic heterocycles. The first-order chi connectivity index (χ1) is 6.33. The molecule has 4 heteroatoms. The Balaban J connectivity index is 0. The first-order valence-electron chi connectivity index (χ1n) is 4.02. The lowest BCUT2D eigenvalue weighted by Crippen LogP contribution is -2.26. The minimum Gasteiger partial charge on any atom is -0.395 e. The molecule has 1 aromatic carbocycles. The highest BCUT2D eigenvalue weighted by Crippen LogP contribution is 2.00. The number of halogens is 1. The second kappa shape index (κ2) is 10.2. The topological polar surface area (TPSA) is 63.3 Å². The van der Waals surface area contributed by atoms with Gasteiger partial charge < -0.3 is 15.6 Å². The highest BCUT2D eigenvalue weighted by Gasteiger charge is 1.99. The van der Waals surface area contributed by atoms with E-state index in [0.717, 1.165) is 6.42 Å². The number of benzene rings is 1. The summed E-state index contributed by atoms with van der Waals surface area (Å²) in [5.41, 5.74) is 6.73. The van der Waals surface area contributed by atoms with Crippen LogP contribution in [0.1, 0.15) is 5.56 Å². The lowest BCUT2D eigenvalue weighted by molar-refractivity contribution is -0.0979. The number of rotatable bonds is 3. The normalized spacial score (nSPS) is 10.4. The molecule has 0 aliphatic carbocycles. The van der Waals surface area contributed by atoms with Crippen LogP contribution >= 0.6 is 12.4 Å². The smallest absolute Gasteiger partial charge is 0.106 e. The number of hydrogen-bond acceptors (Lipinski definition) is 3. The Morgan fingerprint density at radius 2 is 1.79 bits per heavy atom. The monoisotopic (exact) mass is 217 g/mol. The molecule has 14 heavy (non-hydrogen) atoms. The van der Waals surface area contributed by atoms with Crippen LogP contribution in [-0.4, -0.2) is 24.5 Å². The van der Waals surface area contributed by atoms with Crippen LogP contribution in [0.2, 0.25) is 0 Å². The van der Waals surface area contributed by atoms with Gasteiger partial charge in [-0.1, -0.05) is 30.3 Å². The van der Waals surface area contributed by atoms with Crippen LogP contribution in [0.25, 0.3) is 0 Å². The molecule has 0 unspecified atom stereocenters. The van der Waals surface area contributed by atoms with Crippen molar-refractivity contribution < 1.29 is 9.90 Å². The molecule has 0 saturated heterocycles. The van der Waals surface area contributed by atoms with Gasteiger partial charge in [-0.2, -0.15) is 0 Å². The zero-order valence-corrected chi connectivity index (χ0v) is 8.74. The molecule has 0 radical (unpaired) electrons. The van der Waals surface area contributed by atoms with Crippen molar-refractivity contribution in [2.45, 2.75) is 12.5 Å². The van der Waals surface area contributed by atoms with E-state index in [1.165, 1.54) is 5.56 Å². The number of nitrogens with two attached hydrogens (primary N) is 1. The second-order valence-corrected chi connectivity index (χ2v) is 2.63. The number of hydrogen-bond donors (Lipinski definition) is 2. The van der Waals surface area contributed by atoms with Crippen LogP contribution in [0.5, 0.6) is 0 Å². The van der Waals surface area contributed by atoms with Crippen LogP contribution < -0.4 is 5.73 Å². The lowest BCUT2D eigenvalue weighted by atomic mass is 10.1. The molecule has 3 nitrogen and oxygen atoms in total. The predicted molar refractivity (Wildman–Crippen MR) is 59.6 cm³/mol. The van der Waals surface area contributed by atoms with E-state index in [9.17, 15) is 0 Å². The highest BCUT2D eigenvalue weighted by molar-refractivity contribution is 5.85. The van der Waals surface area contributed by atoms with E-state index in [1.807, 2.05) is 37.1 Å². The van der Waals surface area contributed by atoms with E-state index in [-0.39, 0.29) is 25.1 Å². The number of aliphatic hydroxyl groups is 1. The molecule has 0 saturated carbocycles. The van der Waals surface area contributed by atoms with Gasteiger partial charge in [0, 0.05) is 6.04 Å². The Morgan fingerprint density at radius 3 is 2.21 bits per heavy atom. The molecule has 0 heterocycles. The van der Waals surface area contributed by atoms with Gasteiger partial charge in [-0.25, -0.2) is 0 Å². The van der Waals surface area contributed by atoms with Gasteiger partial charge in [0.1, 0.15) is 6.79 Å². The van der Waals surface area contributed by atoms with Crippen LogP contribution in [0.4, 0.5) is 0 Å². The Bertz CT molecular complexity index is 219. The second-order valence-electron chi connectivity index (χ2n) is 2.63. The molecule has 0 fully saturated rings. The Hall–Kier alpha value is -0.900. The molecule has 1 rings (SSSR count). The van der Waals surface area contributed by atoms with Crippen LogP contribution in [0, 0.1) is 0 Å². The SMILES string of the molecule is C=O.Cl.N[C@@H](CO)Cc1ccccc1. The average Bonchev–Trinajstić information content (AvgIpc) is 2.22. The van der Waals surface area contributed by atoms with E-state index >= 15 is 0 Å². The molecule has 1 aromatic rings. The summed E-state index contributed by atoms with van der Waals surface area (Å²) in [5, 5.41) is 8.67. The molecule has 0 aliphatic rings. The number of aliphatic hydroxyl groups excluding tert-OH is 1. The van der Waals surface area contributed by atoms with Gasteiger partial charge in [0.15, 0.2) is 0 Å². The number of carbonyl (C=O) groups excluding carboxylic acids is 1. The van der Waals surface area contributed by atoms with Crippen molar-refractivity contribution >= 4 is 19.2 Å². The third-order valence-corrected chi connectivity index (χ3v) is 1.58. The fourth-order valence-electron chi connectivity index (χ4n) is 0.981. The van der Waals surface area contributed by atoms with E-state index in [4.69, 9.17) is 15.6 Å². The molecular formula is C10H16ClNO2. The summed E-state index contributed by atoms with van der Waals surface area (Å²) in [4.78, 5) is 8.00. The fourth-order valence-corrected chi connectivity index (χ4v) is 0.981. The van der Waals surface area contributed by atoms with Crippen molar-refractivity contribution in [2.24, 2.45) is 5.73 Å². The van der Waals surface area contributed by atoms with E-state index < -0.39 is 0 Å². The molecule has 3 N–H and O–H groups in total. The van der Waals surface area contributed by atoms with E-state index in [1.54, 1.807) is 0 Å². The van der Waals surface area contributed by atoms with Crippen molar-refractivity contribution in [1.82, 2.24) is 0 Å². The van der Waals surface area contributed by atoms with Gasteiger partial charge in [0.2, 0.25) is 0 Å². The predicted octanol–water partition coefficient (Wildman–Crippen LogP) is 0.786. The lowest BCUT2D eigenvalue weighted by Gasteiger charge is -2.06. The van der Waals surface area contributed by atoms with Crippen molar-refractivity contribution in [2.75, 3.05) is 6.61 Å². The third kappa shape index (κ3) is 6.60. The molecule has 80 valence electrons. The number of carbonyl (C=O) groups is 1. The highest BCUT2D eigenvalue weighted by atomic mass is 35.5. The minimum atomic E-state index is -0.127. The fraction of sp³-hybridized carbons (Fsp3) is 0.300. The van der Waals surface area contributed by atoms with Crippen molar-refractivity contribution in [3.05, 3.63) is 35.9 Å². The van der Waals surface area contributed by atoms with E-state index in [0.29, 0.717) is 0 Å². The first-order valence-corrected chi connectivity index (χ1v) is 4.02. The Labute approximate surface area is 90.3 Å². The summed E-state index contributed by atoms with van der Waals surface area (Å²) in [5.74, 6) is 0. The molecule has 1 atom stereocenters. The molecule has 0 spiro atoms. The zero-order valence-electron chi connectivity index (χ0n) is 7.93. The van der Waals surface area contributed by atoms with Gasteiger partial charge in [0.25, 0.3) is 0 Å². The summed E-state index contributed by atoms with van der Waals surface area (Å²) in [6.45, 7) is 2.05. The zero-order chi connectivity index (χ0) is 10.1. The van der Waals surface area contributed by atoms with Gasteiger partial charge >= 0.3 is 0 Å². The molecule has 0 amide bonds. The van der Waals surface area contributed by atoms with Crippen LogP contribution in [0.3, 0.4) is 0 Å². The summed E-state index contributed by atoms with van der Waals surface area (Å²) >= 11 is 0. The average molecular weight is 218 g/mol.